The van der Waals surface area contributed by atoms with Gasteiger partial charge < -0.3 is 5.73 Å². The molecule has 2 aromatic rings. The average molecular weight is 352 g/mol. The molecule has 0 spiro atoms. The Morgan fingerprint density at radius 3 is 2.36 bits per heavy atom. The Bertz CT molecular complexity index is 821. The zero-order chi connectivity index (χ0) is 15.9. The second-order valence-electron chi connectivity index (χ2n) is 5.33. The topological polar surface area (TPSA) is 60.2 Å². The van der Waals surface area contributed by atoms with Crippen LogP contribution in [-0.2, 0) is 9.84 Å². The van der Waals surface area contributed by atoms with Crippen molar-refractivity contribution in [1.82, 2.24) is 0 Å². The predicted octanol–water partition coefficient (Wildman–Crippen LogP) is 3.18. The highest BCUT2D eigenvalue weighted by atomic mass is 35.5. The van der Waals surface area contributed by atoms with E-state index in [1.165, 1.54) is 0 Å². The highest BCUT2D eigenvalue weighted by molar-refractivity contribution is 7.92. The largest absolute Gasteiger partial charge is 0.393 e. The van der Waals surface area contributed by atoms with Crippen molar-refractivity contribution in [2.24, 2.45) is 11.7 Å². The van der Waals surface area contributed by atoms with Gasteiger partial charge in [0.2, 0.25) is 0 Å². The lowest BCUT2D eigenvalue weighted by Gasteiger charge is -2.04. The molecule has 22 heavy (non-hydrogen) atoms. The van der Waals surface area contributed by atoms with E-state index in [0.29, 0.717) is 9.92 Å². The number of benzene rings is 2. The Morgan fingerprint density at radius 2 is 1.77 bits per heavy atom. The fourth-order valence-electron chi connectivity index (χ4n) is 2.89. The minimum absolute atomic E-state index is 0.231. The fraction of sp³-hybridized carbons (Fsp3) is 0.188. The van der Waals surface area contributed by atoms with Crippen molar-refractivity contribution in [1.29, 1.82) is 0 Å². The maximum absolute atomic E-state index is 12.8. The van der Waals surface area contributed by atoms with Gasteiger partial charge in [-0.25, -0.2) is 8.42 Å². The van der Waals surface area contributed by atoms with Crippen LogP contribution < -0.4 is 5.73 Å². The molecule has 0 bridgehead atoms. The molecule has 0 aromatic heterocycles. The number of hydrogen-bond acceptors (Lipinski definition) is 3. The minimum atomic E-state index is -3.48. The lowest BCUT2D eigenvalue weighted by atomic mass is 10.1. The summed E-state index contributed by atoms with van der Waals surface area (Å²) in [6.07, 6.45) is 0. The van der Waals surface area contributed by atoms with Gasteiger partial charge in [0, 0.05) is 16.9 Å². The quantitative estimate of drug-likeness (QED) is 0.859. The van der Waals surface area contributed by atoms with Gasteiger partial charge in [0.25, 0.3) is 0 Å². The van der Waals surface area contributed by atoms with E-state index in [9.17, 15) is 8.42 Å². The van der Waals surface area contributed by atoms with E-state index in [1.807, 2.05) is 6.07 Å². The molecule has 0 aliphatic heterocycles. The summed E-state index contributed by atoms with van der Waals surface area (Å²) in [6.45, 7) is 0. The molecule has 3 atom stereocenters. The van der Waals surface area contributed by atoms with E-state index in [2.05, 4.69) is 0 Å². The third-order valence-electron chi connectivity index (χ3n) is 3.95. The molecule has 0 radical (unpaired) electrons. The van der Waals surface area contributed by atoms with Crippen LogP contribution in [-0.4, -0.2) is 18.7 Å². The van der Waals surface area contributed by atoms with E-state index >= 15 is 0 Å². The van der Waals surface area contributed by atoms with Crippen LogP contribution in [0.1, 0.15) is 11.5 Å². The maximum atomic E-state index is 12.8. The van der Waals surface area contributed by atoms with Crippen LogP contribution in [0.15, 0.2) is 59.5 Å². The zero-order valence-corrected chi connectivity index (χ0v) is 13.9. The summed E-state index contributed by atoms with van der Waals surface area (Å²) in [7, 11) is -3.48. The van der Waals surface area contributed by atoms with Crippen LogP contribution in [0, 0.1) is 5.92 Å². The summed E-state index contributed by atoms with van der Waals surface area (Å²) in [4.78, 5) is 0.528. The van der Waals surface area contributed by atoms with Crippen LogP contribution in [0.5, 0.6) is 0 Å². The zero-order valence-electron chi connectivity index (χ0n) is 11.5. The van der Waals surface area contributed by atoms with E-state index in [-0.39, 0.29) is 16.8 Å². The van der Waals surface area contributed by atoms with Crippen molar-refractivity contribution >= 4 is 38.6 Å². The standard InChI is InChI=1S/C16H14ClNO2S2/c17-11-6-4-5-10(9-11)13-14(16(18)21)15(13)22(19,20)12-7-2-1-3-8-12/h1-9,13-15H,(H2,18,21)/t13-,14-,15+/m1/s1. The van der Waals surface area contributed by atoms with Crippen LogP contribution >= 0.6 is 23.8 Å². The summed E-state index contributed by atoms with van der Waals surface area (Å²) >= 11 is 11.1. The van der Waals surface area contributed by atoms with Crippen LogP contribution in [0.3, 0.4) is 0 Å². The lowest BCUT2D eigenvalue weighted by Crippen LogP contribution is -2.17. The predicted molar refractivity (Wildman–Crippen MR) is 91.9 cm³/mol. The van der Waals surface area contributed by atoms with Crippen molar-refractivity contribution in [2.75, 3.05) is 0 Å². The Labute approximate surface area is 140 Å². The molecule has 3 nitrogen and oxygen atoms in total. The first kappa shape index (κ1) is 15.5. The molecule has 114 valence electrons. The first-order valence-corrected chi connectivity index (χ1v) is 9.10. The molecule has 0 heterocycles. The number of thiocarbonyl (C=S) groups is 1. The molecule has 1 saturated carbocycles. The molecule has 1 fully saturated rings. The van der Waals surface area contributed by atoms with Gasteiger partial charge >= 0.3 is 0 Å². The summed E-state index contributed by atoms with van der Waals surface area (Å²) in [5.41, 5.74) is 6.62. The smallest absolute Gasteiger partial charge is 0.182 e. The molecule has 2 aromatic carbocycles. The molecule has 0 unspecified atom stereocenters. The van der Waals surface area contributed by atoms with Gasteiger partial charge in [-0.3, -0.25) is 0 Å². The first-order valence-electron chi connectivity index (χ1n) is 6.76. The number of halogens is 1. The van der Waals surface area contributed by atoms with Crippen LogP contribution in [0.4, 0.5) is 0 Å². The minimum Gasteiger partial charge on any atom is -0.393 e. The third-order valence-corrected chi connectivity index (χ3v) is 6.69. The maximum Gasteiger partial charge on any atom is 0.182 e. The van der Waals surface area contributed by atoms with E-state index in [1.54, 1.807) is 48.5 Å². The Morgan fingerprint density at radius 1 is 1.09 bits per heavy atom. The molecule has 1 aliphatic rings. The highest BCUT2D eigenvalue weighted by Gasteiger charge is 2.60. The first-order chi connectivity index (χ1) is 10.4. The molecule has 1 aliphatic carbocycles. The second kappa shape index (κ2) is 5.65. The average Bonchev–Trinajstić information content (AvgIpc) is 3.25. The number of sulfone groups is 1. The molecule has 3 rings (SSSR count). The van der Waals surface area contributed by atoms with Crippen molar-refractivity contribution in [3.63, 3.8) is 0 Å². The van der Waals surface area contributed by atoms with Crippen molar-refractivity contribution in [3.05, 3.63) is 65.2 Å². The van der Waals surface area contributed by atoms with E-state index in [0.717, 1.165) is 5.56 Å². The SMILES string of the molecule is NC(=S)[C@@H]1[C@@H](c2cccc(Cl)c2)[C@@H]1S(=O)(=O)c1ccccc1. The Balaban J connectivity index is 2.01. The second-order valence-corrected chi connectivity index (χ2v) is 8.35. The molecule has 2 N–H and O–H groups in total. The summed E-state index contributed by atoms with van der Waals surface area (Å²) in [5, 5.41) is -0.0483. The molecule has 0 amide bonds. The van der Waals surface area contributed by atoms with E-state index < -0.39 is 15.1 Å². The van der Waals surface area contributed by atoms with Gasteiger partial charge in [0.1, 0.15) is 0 Å². The van der Waals surface area contributed by atoms with Gasteiger partial charge in [-0.15, -0.1) is 0 Å². The molecule has 0 saturated heterocycles. The Kier molecular flexibility index (Phi) is 3.97. The van der Waals surface area contributed by atoms with Gasteiger partial charge in [0.05, 0.1) is 15.1 Å². The molecular weight excluding hydrogens is 338 g/mol. The molecule has 6 heteroatoms. The number of nitrogens with two attached hydrogens (primary N) is 1. The monoisotopic (exact) mass is 351 g/mol. The van der Waals surface area contributed by atoms with E-state index in [4.69, 9.17) is 29.6 Å². The van der Waals surface area contributed by atoms with Crippen molar-refractivity contribution in [2.45, 2.75) is 16.1 Å². The highest BCUT2D eigenvalue weighted by Crippen LogP contribution is 2.54. The van der Waals surface area contributed by atoms with Crippen LogP contribution in [0.25, 0.3) is 0 Å². The van der Waals surface area contributed by atoms with Gasteiger partial charge in [-0.1, -0.05) is 54.2 Å². The lowest BCUT2D eigenvalue weighted by molar-refractivity contribution is 0.593. The van der Waals surface area contributed by atoms with Crippen LogP contribution in [0.2, 0.25) is 5.02 Å². The Hall–Kier alpha value is -1.43. The number of hydrogen-bond donors (Lipinski definition) is 1. The fourth-order valence-corrected chi connectivity index (χ4v) is 5.64. The molecular formula is C16H14ClNO2S2. The number of rotatable bonds is 4. The van der Waals surface area contributed by atoms with Crippen molar-refractivity contribution < 1.29 is 8.42 Å². The summed E-state index contributed by atoms with van der Waals surface area (Å²) in [6, 6.07) is 15.6. The summed E-state index contributed by atoms with van der Waals surface area (Å²) < 4.78 is 25.7. The van der Waals surface area contributed by atoms with Gasteiger partial charge in [0.15, 0.2) is 9.84 Å². The van der Waals surface area contributed by atoms with Gasteiger partial charge in [-0.2, -0.15) is 0 Å². The van der Waals surface area contributed by atoms with Crippen molar-refractivity contribution in [3.8, 4) is 0 Å². The third kappa shape index (κ3) is 2.64. The summed E-state index contributed by atoms with van der Waals surface area (Å²) in [5.74, 6) is -0.583. The normalized spacial score (nSPS) is 24.0. The van der Waals surface area contributed by atoms with Gasteiger partial charge in [-0.05, 0) is 29.8 Å².